The van der Waals surface area contributed by atoms with Crippen molar-refractivity contribution in [1.29, 1.82) is 0 Å². The lowest BCUT2D eigenvalue weighted by molar-refractivity contribution is -0.132. The normalized spacial score (nSPS) is 17.3. The molecule has 0 saturated carbocycles. The van der Waals surface area contributed by atoms with Gasteiger partial charge in [0, 0.05) is 31.0 Å². The number of anilines is 2. The summed E-state index contributed by atoms with van der Waals surface area (Å²) in [6, 6.07) is 16.7. The maximum atomic E-state index is 13.2. The molecular formula is C27H28N2O5. The van der Waals surface area contributed by atoms with Gasteiger partial charge in [0.2, 0.25) is 0 Å². The molecule has 176 valence electrons. The molecule has 4 rings (SSSR count). The number of Topliss-reactive ketones (excluding diaryl/α,β-unsaturated/α-hetero) is 1. The van der Waals surface area contributed by atoms with Gasteiger partial charge >= 0.3 is 0 Å². The van der Waals surface area contributed by atoms with Crippen molar-refractivity contribution in [3.05, 3.63) is 83.3 Å². The molecule has 1 unspecified atom stereocenters. The van der Waals surface area contributed by atoms with E-state index in [0.29, 0.717) is 35.1 Å². The monoisotopic (exact) mass is 460 g/mol. The van der Waals surface area contributed by atoms with E-state index in [9.17, 15) is 14.7 Å². The van der Waals surface area contributed by atoms with Crippen molar-refractivity contribution in [2.75, 3.05) is 30.5 Å². The molecule has 0 radical (unpaired) electrons. The largest absolute Gasteiger partial charge is 0.507 e. The summed E-state index contributed by atoms with van der Waals surface area (Å²) in [5.41, 5.74) is 1.89. The number of ketones is 1. The molecule has 1 aliphatic heterocycles. The van der Waals surface area contributed by atoms with Crippen LogP contribution in [0.25, 0.3) is 5.76 Å². The SMILES string of the molecule is CCCOc1ccc(/C(O)=C2/C(=O)C(=O)N(c3ccc(N(C)C)cc3)C2c2ccc(C)o2)cc1. The number of aliphatic hydroxyl groups is 1. The van der Waals surface area contributed by atoms with Crippen LogP contribution in [0.1, 0.15) is 36.5 Å². The summed E-state index contributed by atoms with van der Waals surface area (Å²) in [5, 5.41) is 11.2. The molecule has 1 amide bonds. The van der Waals surface area contributed by atoms with E-state index in [1.807, 2.05) is 38.1 Å². The highest BCUT2D eigenvalue weighted by molar-refractivity contribution is 6.51. The topological polar surface area (TPSA) is 83.2 Å². The van der Waals surface area contributed by atoms with Crippen LogP contribution in [-0.2, 0) is 9.59 Å². The number of nitrogens with zero attached hydrogens (tertiary/aromatic N) is 2. The second-order valence-electron chi connectivity index (χ2n) is 8.40. The zero-order chi connectivity index (χ0) is 24.4. The molecule has 1 saturated heterocycles. The van der Waals surface area contributed by atoms with E-state index in [2.05, 4.69) is 0 Å². The van der Waals surface area contributed by atoms with Crippen LogP contribution in [0.4, 0.5) is 11.4 Å². The van der Waals surface area contributed by atoms with E-state index >= 15 is 0 Å². The van der Waals surface area contributed by atoms with Gasteiger partial charge in [0.1, 0.15) is 29.1 Å². The van der Waals surface area contributed by atoms with Gasteiger partial charge in [-0.2, -0.15) is 0 Å². The van der Waals surface area contributed by atoms with Crippen LogP contribution < -0.4 is 14.5 Å². The van der Waals surface area contributed by atoms with Crippen molar-refractivity contribution < 1.29 is 23.8 Å². The molecular weight excluding hydrogens is 432 g/mol. The summed E-state index contributed by atoms with van der Waals surface area (Å²) < 4.78 is 11.4. The summed E-state index contributed by atoms with van der Waals surface area (Å²) in [6.45, 7) is 4.39. The number of benzene rings is 2. The summed E-state index contributed by atoms with van der Waals surface area (Å²) in [4.78, 5) is 29.7. The van der Waals surface area contributed by atoms with Crippen molar-refractivity contribution in [1.82, 2.24) is 0 Å². The third-order valence-electron chi connectivity index (χ3n) is 5.72. The van der Waals surface area contributed by atoms with E-state index in [-0.39, 0.29) is 11.3 Å². The zero-order valence-electron chi connectivity index (χ0n) is 19.7. The smallest absolute Gasteiger partial charge is 0.300 e. The predicted octanol–water partition coefficient (Wildman–Crippen LogP) is 5.07. The standard InChI is InChI=1S/C27H28N2O5/c1-5-16-33-21-13-7-18(8-14-21)25(30)23-24(22-15-6-17(2)34-22)29(27(32)26(23)31)20-11-9-19(10-12-20)28(3)4/h6-15,24,30H,5,16H2,1-4H3/b25-23-. The Hall–Kier alpha value is -4.00. The molecule has 3 aromatic rings. The van der Waals surface area contributed by atoms with Gasteiger partial charge in [-0.1, -0.05) is 6.92 Å². The van der Waals surface area contributed by atoms with Crippen LogP contribution in [0.3, 0.4) is 0 Å². The Morgan fingerprint density at radius 3 is 2.26 bits per heavy atom. The number of hydrogen-bond acceptors (Lipinski definition) is 6. The van der Waals surface area contributed by atoms with Gasteiger partial charge in [-0.15, -0.1) is 0 Å². The summed E-state index contributed by atoms with van der Waals surface area (Å²) in [6.07, 6.45) is 0.878. The van der Waals surface area contributed by atoms with Gasteiger partial charge in [-0.05, 0) is 74.0 Å². The highest BCUT2D eigenvalue weighted by atomic mass is 16.5. The van der Waals surface area contributed by atoms with Crippen molar-refractivity contribution >= 4 is 28.8 Å². The Balaban J connectivity index is 1.81. The van der Waals surface area contributed by atoms with Crippen molar-refractivity contribution in [3.63, 3.8) is 0 Å². The number of ether oxygens (including phenoxy) is 1. The fourth-order valence-corrected chi connectivity index (χ4v) is 3.96. The lowest BCUT2D eigenvalue weighted by atomic mass is 9.99. The van der Waals surface area contributed by atoms with Gasteiger partial charge < -0.3 is 19.2 Å². The Morgan fingerprint density at radius 1 is 1.03 bits per heavy atom. The molecule has 1 atom stereocenters. The second-order valence-corrected chi connectivity index (χ2v) is 8.40. The average Bonchev–Trinajstić information content (AvgIpc) is 3.38. The highest BCUT2D eigenvalue weighted by Crippen LogP contribution is 2.43. The zero-order valence-corrected chi connectivity index (χ0v) is 19.7. The molecule has 34 heavy (non-hydrogen) atoms. The molecule has 1 aliphatic rings. The van der Waals surface area contributed by atoms with Crippen LogP contribution in [0.5, 0.6) is 5.75 Å². The van der Waals surface area contributed by atoms with Gasteiger partial charge in [0.15, 0.2) is 0 Å². The first-order chi connectivity index (χ1) is 16.3. The van der Waals surface area contributed by atoms with Crippen LogP contribution in [0.2, 0.25) is 0 Å². The van der Waals surface area contributed by atoms with Crippen LogP contribution in [-0.4, -0.2) is 37.5 Å². The fourth-order valence-electron chi connectivity index (χ4n) is 3.96. The maximum absolute atomic E-state index is 13.2. The maximum Gasteiger partial charge on any atom is 0.300 e. The lowest BCUT2D eigenvalue weighted by Gasteiger charge is -2.24. The van der Waals surface area contributed by atoms with E-state index in [4.69, 9.17) is 9.15 Å². The Morgan fingerprint density at radius 2 is 1.71 bits per heavy atom. The lowest BCUT2D eigenvalue weighted by Crippen LogP contribution is -2.29. The number of aliphatic hydroxyl groups excluding tert-OH is 1. The predicted molar refractivity (Wildman–Crippen MR) is 131 cm³/mol. The van der Waals surface area contributed by atoms with Gasteiger partial charge in [-0.3, -0.25) is 14.5 Å². The number of carbonyl (C=O) groups is 2. The minimum Gasteiger partial charge on any atom is -0.507 e. The van der Waals surface area contributed by atoms with Crippen molar-refractivity contribution in [2.45, 2.75) is 26.3 Å². The highest BCUT2D eigenvalue weighted by Gasteiger charge is 2.48. The molecule has 2 heterocycles. The Bertz CT molecular complexity index is 1220. The number of furan rings is 1. The number of aryl methyl sites for hydroxylation is 1. The van der Waals surface area contributed by atoms with E-state index < -0.39 is 17.7 Å². The van der Waals surface area contributed by atoms with Crippen LogP contribution >= 0.6 is 0 Å². The fraction of sp³-hybridized carbons (Fsp3) is 0.259. The molecule has 1 aromatic heterocycles. The molecule has 2 aromatic carbocycles. The Kier molecular flexibility index (Phi) is 6.45. The molecule has 1 fully saturated rings. The molecule has 1 N–H and O–H groups in total. The van der Waals surface area contributed by atoms with E-state index in [1.165, 1.54) is 4.90 Å². The van der Waals surface area contributed by atoms with Crippen molar-refractivity contribution in [3.8, 4) is 5.75 Å². The first-order valence-corrected chi connectivity index (χ1v) is 11.2. The Labute approximate surface area is 198 Å². The van der Waals surface area contributed by atoms with Crippen LogP contribution in [0, 0.1) is 6.92 Å². The van der Waals surface area contributed by atoms with Gasteiger partial charge in [0.25, 0.3) is 11.7 Å². The number of carbonyl (C=O) groups excluding carboxylic acids is 2. The molecule has 7 heteroatoms. The minimum absolute atomic E-state index is 0.0155. The van der Waals surface area contributed by atoms with Crippen LogP contribution in [0.15, 0.2) is 70.7 Å². The second kappa shape index (κ2) is 9.47. The molecule has 7 nitrogen and oxygen atoms in total. The van der Waals surface area contributed by atoms with E-state index in [0.717, 1.165) is 12.1 Å². The first kappa shape index (κ1) is 23.2. The van der Waals surface area contributed by atoms with E-state index in [1.54, 1.807) is 55.5 Å². The molecule has 0 bridgehead atoms. The van der Waals surface area contributed by atoms with Crippen molar-refractivity contribution in [2.24, 2.45) is 0 Å². The quantitative estimate of drug-likeness (QED) is 0.301. The summed E-state index contributed by atoms with van der Waals surface area (Å²) in [5.74, 6) is -0.0376. The summed E-state index contributed by atoms with van der Waals surface area (Å²) >= 11 is 0. The van der Waals surface area contributed by atoms with Gasteiger partial charge in [-0.25, -0.2) is 0 Å². The number of amides is 1. The summed E-state index contributed by atoms with van der Waals surface area (Å²) in [7, 11) is 3.84. The third kappa shape index (κ3) is 4.29. The first-order valence-electron chi connectivity index (χ1n) is 11.2. The average molecular weight is 461 g/mol. The number of rotatable bonds is 7. The minimum atomic E-state index is -0.894. The van der Waals surface area contributed by atoms with Gasteiger partial charge in [0.05, 0.1) is 12.2 Å². The third-order valence-corrected chi connectivity index (χ3v) is 5.72. The molecule has 0 spiro atoms. The number of hydrogen-bond donors (Lipinski definition) is 1. The molecule has 0 aliphatic carbocycles.